The zero-order valence-corrected chi connectivity index (χ0v) is 15.9. The summed E-state index contributed by atoms with van der Waals surface area (Å²) < 4.78 is 7.12. The Kier molecular flexibility index (Phi) is 5.54. The van der Waals surface area contributed by atoms with Gasteiger partial charge in [0.1, 0.15) is 11.6 Å². The number of nitrogens with zero attached hydrogens (tertiary/aromatic N) is 5. The van der Waals surface area contributed by atoms with Crippen molar-refractivity contribution in [2.45, 2.75) is 45.2 Å². The third kappa shape index (κ3) is 4.56. The predicted octanol–water partition coefficient (Wildman–Crippen LogP) is 2.05. The molecule has 4 rings (SSSR count). The number of aryl methyl sites for hydroxylation is 1. The molecular weight excluding hydrogens is 344 g/mol. The molecule has 0 unspecified atom stereocenters. The lowest BCUT2D eigenvalue weighted by molar-refractivity contribution is -0.117. The lowest BCUT2D eigenvalue weighted by Crippen LogP contribution is -2.48. The van der Waals surface area contributed by atoms with Gasteiger partial charge in [0.2, 0.25) is 5.91 Å². The average molecular weight is 372 g/mol. The topological polar surface area (TPSA) is 79.4 Å². The van der Waals surface area contributed by atoms with Gasteiger partial charge in [-0.1, -0.05) is 18.0 Å². The second-order valence-electron chi connectivity index (χ2n) is 7.63. The highest BCUT2D eigenvalue weighted by Crippen LogP contribution is 2.31. The summed E-state index contributed by atoms with van der Waals surface area (Å²) >= 11 is 0. The number of carbonyl (C=O) groups is 1. The van der Waals surface area contributed by atoms with Crippen molar-refractivity contribution in [1.29, 1.82) is 0 Å². The molecule has 3 heterocycles. The summed E-state index contributed by atoms with van der Waals surface area (Å²) in [6.45, 7) is 6.76. The van der Waals surface area contributed by atoms with Crippen molar-refractivity contribution >= 4 is 11.7 Å². The first-order chi connectivity index (χ1) is 13.2. The Balaban J connectivity index is 1.23. The smallest absolute Gasteiger partial charge is 0.239 e. The van der Waals surface area contributed by atoms with Crippen molar-refractivity contribution in [3.8, 4) is 0 Å². The Labute approximate surface area is 159 Å². The molecule has 8 heteroatoms. The molecule has 0 spiro atoms. The average Bonchev–Trinajstić information content (AvgIpc) is 3.39. The van der Waals surface area contributed by atoms with Gasteiger partial charge in [-0.2, -0.15) is 5.10 Å². The Morgan fingerprint density at radius 1 is 1.22 bits per heavy atom. The first-order valence-corrected chi connectivity index (χ1v) is 9.87. The van der Waals surface area contributed by atoms with Gasteiger partial charge in [-0.05, 0) is 19.8 Å². The first kappa shape index (κ1) is 18.2. The summed E-state index contributed by atoms with van der Waals surface area (Å²) in [7, 11) is 0. The molecule has 1 N–H and O–H groups in total. The number of hydrogen-bond donors (Lipinski definition) is 1. The number of carbonyl (C=O) groups excluding carboxylic acids is 1. The van der Waals surface area contributed by atoms with Crippen LogP contribution in [0.1, 0.15) is 43.2 Å². The molecule has 1 aliphatic heterocycles. The van der Waals surface area contributed by atoms with Crippen LogP contribution in [0.4, 0.5) is 5.82 Å². The van der Waals surface area contributed by atoms with Gasteiger partial charge < -0.3 is 9.84 Å². The second kappa shape index (κ2) is 8.22. The number of rotatable bonds is 6. The molecule has 0 atom stereocenters. The van der Waals surface area contributed by atoms with Gasteiger partial charge in [-0.25, -0.2) is 4.68 Å². The van der Waals surface area contributed by atoms with Gasteiger partial charge >= 0.3 is 0 Å². The number of hydrogen-bond acceptors (Lipinski definition) is 6. The van der Waals surface area contributed by atoms with Gasteiger partial charge in [-0.15, -0.1) is 0 Å². The third-order valence-electron chi connectivity index (χ3n) is 5.50. The zero-order chi connectivity index (χ0) is 18.6. The van der Waals surface area contributed by atoms with E-state index in [1.165, 1.54) is 12.8 Å². The number of nitrogens with one attached hydrogen (secondary N) is 1. The lowest BCUT2D eigenvalue weighted by Gasteiger charge is -2.33. The fourth-order valence-corrected chi connectivity index (χ4v) is 4.07. The summed E-state index contributed by atoms with van der Waals surface area (Å²) in [5.41, 5.74) is 0.971. The van der Waals surface area contributed by atoms with Gasteiger partial charge in [0.05, 0.1) is 24.5 Å². The predicted molar refractivity (Wildman–Crippen MR) is 101 cm³/mol. The van der Waals surface area contributed by atoms with Gasteiger partial charge in [0, 0.05) is 44.9 Å². The molecule has 1 saturated carbocycles. The van der Waals surface area contributed by atoms with Crippen LogP contribution in [-0.2, 0) is 11.3 Å². The van der Waals surface area contributed by atoms with E-state index in [1.807, 2.05) is 23.7 Å². The van der Waals surface area contributed by atoms with E-state index < -0.39 is 0 Å². The van der Waals surface area contributed by atoms with Crippen LogP contribution in [0.25, 0.3) is 0 Å². The van der Waals surface area contributed by atoms with Gasteiger partial charge in [0.15, 0.2) is 0 Å². The van der Waals surface area contributed by atoms with Crippen LogP contribution in [0.2, 0.25) is 0 Å². The van der Waals surface area contributed by atoms with Crippen molar-refractivity contribution < 1.29 is 9.32 Å². The van der Waals surface area contributed by atoms with E-state index in [9.17, 15) is 4.79 Å². The highest BCUT2D eigenvalue weighted by atomic mass is 16.5. The second-order valence-corrected chi connectivity index (χ2v) is 7.63. The molecule has 1 amide bonds. The largest absolute Gasteiger partial charge is 0.361 e. The maximum absolute atomic E-state index is 12.5. The molecule has 0 aromatic carbocycles. The molecule has 1 saturated heterocycles. The van der Waals surface area contributed by atoms with Gasteiger partial charge in [0.25, 0.3) is 0 Å². The molecule has 2 aliphatic rings. The van der Waals surface area contributed by atoms with Crippen LogP contribution in [-0.4, -0.2) is 63.4 Å². The SMILES string of the molecule is Cc1cc(CN2CCN(CC(=O)Nc3ccnn3C3CCCC3)CC2)no1. The quantitative estimate of drug-likeness (QED) is 0.836. The molecular formula is C19H28N6O2. The molecule has 2 aromatic heterocycles. The highest BCUT2D eigenvalue weighted by molar-refractivity contribution is 5.91. The molecule has 2 fully saturated rings. The van der Waals surface area contributed by atoms with E-state index in [-0.39, 0.29) is 5.91 Å². The monoisotopic (exact) mass is 372 g/mol. The molecule has 8 nitrogen and oxygen atoms in total. The van der Waals surface area contributed by atoms with Crippen LogP contribution in [0.15, 0.2) is 22.9 Å². The minimum atomic E-state index is 0.0373. The minimum Gasteiger partial charge on any atom is -0.361 e. The lowest BCUT2D eigenvalue weighted by atomic mass is 10.2. The summed E-state index contributed by atoms with van der Waals surface area (Å²) in [5.74, 6) is 1.71. The van der Waals surface area contributed by atoms with E-state index in [0.717, 1.165) is 62.8 Å². The van der Waals surface area contributed by atoms with Crippen LogP contribution in [0.5, 0.6) is 0 Å². The van der Waals surface area contributed by atoms with E-state index >= 15 is 0 Å². The molecule has 146 valence electrons. The Morgan fingerprint density at radius 2 is 1.96 bits per heavy atom. The maximum atomic E-state index is 12.5. The van der Waals surface area contributed by atoms with E-state index in [0.29, 0.717) is 12.6 Å². The van der Waals surface area contributed by atoms with Crippen LogP contribution < -0.4 is 5.32 Å². The highest BCUT2D eigenvalue weighted by Gasteiger charge is 2.23. The minimum absolute atomic E-state index is 0.0373. The number of piperazine rings is 1. The summed E-state index contributed by atoms with van der Waals surface area (Å²) in [4.78, 5) is 17.0. The molecule has 27 heavy (non-hydrogen) atoms. The number of anilines is 1. The van der Waals surface area contributed by atoms with Gasteiger partial charge in [-0.3, -0.25) is 14.6 Å². The zero-order valence-electron chi connectivity index (χ0n) is 15.9. The van der Waals surface area contributed by atoms with Crippen molar-refractivity contribution in [2.24, 2.45) is 0 Å². The number of amides is 1. The van der Waals surface area contributed by atoms with Crippen molar-refractivity contribution in [1.82, 2.24) is 24.7 Å². The summed E-state index contributed by atoms with van der Waals surface area (Å²) in [6, 6.07) is 4.31. The normalized spacial score (nSPS) is 19.6. The molecule has 1 aliphatic carbocycles. The van der Waals surface area contributed by atoms with Crippen molar-refractivity contribution in [3.63, 3.8) is 0 Å². The fourth-order valence-electron chi connectivity index (χ4n) is 4.07. The summed E-state index contributed by atoms with van der Waals surface area (Å²) in [6.07, 6.45) is 6.57. The number of aromatic nitrogens is 3. The Bertz CT molecular complexity index is 756. The molecule has 2 aromatic rings. The van der Waals surface area contributed by atoms with E-state index in [4.69, 9.17) is 4.52 Å². The van der Waals surface area contributed by atoms with E-state index in [2.05, 4.69) is 25.4 Å². The van der Waals surface area contributed by atoms with Crippen LogP contribution >= 0.6 is 0 Å². The van der Waals surface area contributed by atoms with Crippen LogP contribution in [0.3, 0.4) is 0 Å². The Morgan fingerprint density at radius 3 is 2.67 bits per heavy atom. The summed E-state index contributed by atoms with van der Waals surface area (Å²) in [5, 5.41) is 11.5. The fraction of sp³-hybridized carbons (Fsp3) is 0.632. The van der Waals surface area contributed by atoms with Crippen molar-refractivity contribution in [3.05, 3.63) is 29.8 Å². The van der Waals surface area contributed by atoms with Crippen LogP contribution in [0, 0.1) is 6.92 Å². The van der Waals surface area contributed by atoms with Crippen molar-refractivity contribution in [2.75, 3.05) is 38.0 Å². The molecule has 0 bridgehead atoms. The van der Waals surface area contributed by atoms with E-state index in [1.54, 1.807) is 6.20 Å². The third-order valence-corrected chi connectivity index (χ3v) is 5.50. The maximum Gasteiger partial charge on any atom is 0.239 e. The Hall–Kier alpha value is -2.19. The first-order valence-electron chi connectivity index (χ1n) is 9.87. The standard InChI is InChI=1S/C19H28N6O2/c1-15-12-16(22-27-15)13-23-8-10-24(11-9-23)14-19(26)21-18-6-7-20-25(18)17-4-2-3-5-17/h6-7,12,17H,2-5,8-11,13-14H2,1H3,(H,21,26). The molecule has 0 radical (unpaired) electrons.